The number of likely N-dealkylation sites (tertiary alicyclic amines) is 1. The lowest BCUT2D eigenvalue weighted by atomic mass is 10.1. The number of hydrogen-bond donors (Lipinski definition) is 1. The van der Waals surface area contributed by atoms with Gasteiger partial charge in [-0.2, -0.15) is 0 Å². The van der Waals surface area contributed by atoms with Crippen LogP contribution in [0.25, 0.3) is 0 Å². The van der Waals surface area contributed by atoms with Gasteiger partial charge in [0.05, 0.1) is 17.1 Å². The molecule has 2 heterocycles. The number of carbonyl (C=O) groups is 1. The number of rotatable bonds is 2. The van der Waals surface area contributed by atoms with Gasteiger partial charge in [-0.1, -0.05) is 12.2 Å². The average Bonchev–Trinajstić information content (AvgIpc) is 2.84. The summed E-state index contributed by atoms with van der Waals surface area (Å²) in [5.74, 6) is 0.0691. The molecular weight excluding hydrogens is 224 g/mol. The van der Waals surface area contributed by atoms with E-state index in [2.05, 4.69) is 0 Å². The molecule has 0 spiro atoms. The number of carbonyl (C=O) groups excluding carboxylic acids is 1. The first-order valence-corrected chi connectivity index (χ1v) is 6.25. The summed E-state index contributed by atoms with van der Waals surface area (Å²) in [5, 5.41) is 0. The fraction of sp³-hybridized carbons (Fsp3) is 0.818. The van der Waals surface area contributed by atoms with E-state index in [1.54, 1.807) is 4.90 Å². The first-order chi connectivity index (χ1) is 7.59. The standard InChI is InChI=1S/C11H18N2O2S/c1-7-4-5-9(15-7)11(14)13-6-2-3-8(13)10(12)16/h7-9H,2-6H2,1H3,(H2,12,16). The number of ether oxygens (including phenoxy) is 1. The molecule has 2 fully saturated rings. The molecule has 16 heavy (non-hydrogen) atoms. The van der Waals surface area contributed by atoms with Crippen LogP contribution in [0.15, 0.2) is 0 Å². The molecule has 3 unspecified atom stereocenters. The maximum absolute atomic E-state index is 12.2. The smallest absolute Gasteiger partial charge is 0.252 e. The average molecular weight is 242 g/mol. The Morgan fingerprint density at radius 1 is 1.44 bits per heavy atom. The Bertz CT molecular complexity index is 308. The zero-order valence-corrected chi connectivity index (χ0v) is 10.3. The second-order valence-electron chi connectivity index (χ2n) is 4.60. The summed E-state index contributed by atoms with van der Waals surface area (Å²) < 4.78 is 5.59. The lowest BCUT2D eigenvalue weighted by molar-refractivity contribution is -0.142. The minimum Gasteiger partial charge on any atom is -0.392 e. The van der Waals surface area contributed by atoms with Crippen molar-refractivity contribution in [3.8, 4) is 0 Å². The maximum Gasteiger partial charge on any atom is 0.252 e. The number of nitrogens with two attached hydrogens (primary N) is 1. The zero-order valence-electron chi connectivity index (χ0n) is 9.52. The fourth-order valence-electron chi connectivity index (χ4n) is 2.50. The SMILES string of the molecule is CC1CCC(C(=O)N2CCCC2C(N)=S)O1. The van der Waals surface area contributed by atoms with Gasteiger partial charge < -0.3 is 15.4 Å². The Balaban J connectivity index is 2.01. The number of hydrogen-bond acceptors (Lipinski definition) is 3. The Morgan fingerprint density at radius 3 is 2.75 bits per heavy atom. The molecule has 2 saturated heterocycles. The number of nitrogens with zero attached hydrogens (tertiary/aromatic N) is 1. The Kier molecular flexibility index (Phi) is 3.44. The second kappa shape index (κ2) is 4.67. The summed E-state index contributed by atoms with van der Waals surface area (Å²) in [6.45, 7) is 2.76. The van der Waals surface area contributed by atoms with Crippen LogP contribution >= 0.6 is 12.2 Å². The third-order valence-corrected chi connectivity index (χ3v) is 3.64. The topological polar surface area (TPSA) is 55.6 Å². The monoisotopic (exact) mass is 242 g/mol. The molecule has 90 valence electrons. The number of thiocarbonyl (C=S) groups is 1. The highest BCUT2D eigenvalue weighted by atomic mass is 32.1. The van der Waals surface area contributed by atoms with Crippen LogP contribution in [0.4, 0.5) is 0 Å². The minimum atomic E-state index is -0.273. The van der Waals surface area contributed by atoms with Crippen molar-refractivity contribution in [2.75, 3.05) is 6.54 Å². The summed E-state index contributed by atoms with van der Waals surface area (Å²) in [4.78, 5) is 14.4. The molecule has 0 aromatic rings. The van der Waals surface area contributed by atoms with E-state index in [4.69, 9.17) is 22.7 Å². The highest BCUT2D eigenvalue weighted by Crippen LogP contribution is 2.25. The molecule has 2 aliphatic rings. The molecule has 4 nitrogen and oxygen atoms in total. The molecule has 2 N–H and O–H groups in total. The second-order valence-corrected chi connectivity index (χ2v) is 5.08. The Hall–Kier alpha value is -0.680. The summed E-state index contributed by atoms with van der Waals surface area (Å²) >= 11 is 4.99. The third-order valence-electron chi connectivity index (χ3n) is 3.37. The summed E-state index contributed by atoms with van der Waals surface area (Å²) in [6, 6.07) is -0.0537. The van der Waals surface area contributed by atoms with Gasteiger partial charge in [0.1, 0.15) is 6.10 Å². The summed E-state index contributed by atoms with van der Waals surface area (Å²) in [7, 11) is 0. The first-order valence-electron chi connectivity index (χ1n) is 5.85. The maximum atomic E-state index is 12.2. The van der Waals surface area contributed by atoms with Crippen LogP contribution in [0.1, 0.15) is 32.6 Å². The minimum absolute atomic E-state index is 0.0537. The predicted octanol–water partition coefficient (Wildman–Crippen LogP) is 0.831. The van der Waals surface area contributed by atoms with Crippen molar-refractivity contribution in [1.29, 1.82) is 0 Å². The molecule has 0 aliphatic carbocycles. The molecule has 0 aromatic heterocycles. The van der Waals surface area contributed by atoms with Gasteiger partial charge in [0.15, 0.2) is 0 Å². The largest absolute Gasteiger partial charge is 0.392 e. The van der Waals surface area contributed by atoms with Gasteiger partial charge in [-0.05, 0) is 32.6 Å². The molecular formula is C11H18N2O2S. The molecule has 1 amide bonds. The van der Waals surface area contributed by atoms with Crippen molar-refractivity contribution in [3.05, 3.63) is 0 Å². The van der Waals surface area contributed by atoms with E-state index in [-0.39, 0.29) is 24.2 Å². The third kappa shape index (κ3) is 2.20. The fourth-order valence-corrected chi connectivity index (χ4v) is 2.74. The molecule has 2 rings (SSSR count). The Labute approximate surface area is 101 Å². The van der Waals surface area contributed by atoms with Gasteiger partial charge in [0.25, 0.3) is 5.91 Å². The molecule has 0 radical (unpaired) electrons. The quantitative estimate of drug-likeness (QED) is 0.729. The van der Waals surface area contributed by atoms with Gasteiger partial charge in [-0.3, -0.25) is 4.79 Å². The van der Waals surface area contributed by atoms with Crippen LogP contribution in [0.5, 0.6) is 0 Å². The lowest BCUT2D eigenvalue weighted by Gasteiger charge is -2.26. The predicted molar refractivity (Wildman–Crippen MR) is 65.1 cm³/mol. The van der Waals surface area contributed by atoms with Crippen molar-refractivity contribution in [2.24, 2.45) is 5.73 Å². The molecule has 0 saturated carbocycles. The van der Waals surface area contributed by atoms with Crippen LogP contribution < -0.4 is 5.73 Å². The van der Waals surface area contributed by atoms with Crippen molar-refractivity contribution in [1.82, 2.24) is 4.90 Å². The molecule has 2 aliphatic heterocycles. The van der Waals surface area contributed by atoms with E-state index in [1.807, 2.05) is 6.92 Å². The van der Waals surface area contributed by atoms with Gasteiger partial charge in [0, 0.05) is 6.54 Å². The summed E-state index contributed by atoms with van der Waals surface area (Å²) in [6.07, 6.45) is 3.58. The molecule has 0 bridgehead atoms. The van der Waals surface area contributed by atoms with E-state index in [1.165, 1.54) is 0 Å². The molecule has 5 heteroatoms. The lowest BCUT2D eigenvalue weighted by Crippen LogP contribution is -2.47. The Morgan fingerprint density at radius 2 is 2.19 bits per heavy atom. The van der Waals surface area contributed by atoms with Gasteiger partial charge >= 0.3 is 0 Å². The van der Waals surface area contributed by atoms with Crippen LogP contribution in [-0.4, -0.2) is 40.6 Å². The molecule has 0 aromatic carbocycles. The van der Waals surface area contributed by atoms with Crippen LogP contribution in [-0.2, 0) is 9.53 Å². The van der Waals surface area contributed by atoms with Crippen LogP contribution in [0, 0.1) is 0 Å². The van der Waals surface area contributed by atoms with Gasteiger partial charge in [-0.15, -0.1) is 0 Å². The van der Waals surface area contributed by atoms with Crippen molar-refractivity contribution in [3.63, 3.8) is 0 Å². The van der Waals surface area contributed by atoms with E-state index in [0.717, 1.165) is 32.2 Å². The van der Waals surface area contributed by atoms with Gasteiger partial charge in [-0.25, -0.2) is 0 Å². The highest BCUT2D eigenvalue weighted by molar-refractivity contribution is 7.80. The van der Waals surface area contributed by atoms with Crippen LogP contribution in [0.2, 0.25) is 0 Å². The van der Waals surface area contributed by atoms with E-state index in [0.29, 0.717) is 4.99 Å². The summed E-state index contributed by atoms with van der Waals surface area (Å²) in [5.41, 5.74) is 5.65. The van der Waals surface area contributed by atoms with E-state index < -0.39 is 0 Å². The first kappa shape index (κ1) is 11.8. The zero-order chi connectivity index (χ0) is 11.7. The van der Waals surface area contributed by atoms with E-state index >= 15 is 0 Å². The van der Waals surface area contributed by atoms with Crippen LogP contribution in [0.3, 0.4) is 0 Å². The van der Waals surface area contributed by atoms with Crippen molar-refractivity contribution < 1.29 is 9.53 Å². The van der Waals surface area contributed by atoms with E-state index in [9.17, 15) is 4.79 Å². The highest BCUT2D eigenvalue weighted by Gasteiger charge is 2.37. The number of amides is 1. The molecule has 3 atom stereocenters. The van der Waals surface area contributed by atoms with Gasteiger partial charge in [0.2, 0.25) is 0 Å². The normalized spacial score (nSPS) is 34.3. The van der Waals surface area contributed by atoms with Crippen molar-refractivity contribution >= 4 is 23.1 Å². The van der Waals surface area contributed by atoms with Crippen molar-refractivity contribution in [2.45, 2.75) is 50.9 Å².